The molecule has 0 aliphatic heterocycles. The Labute approximate surface area is 225 Å². The number of nitrogens with one attached hydrogen (secondary N) is 2. The van der Waals surface area contributed by atoms with Gasteiger partial charge in [-0.15, -0.1) is 0 Å². The molecule has 3 rings (SSSR count). The predicted octanol–water partition coefficient (Wildman–Crippen LogP) is 5.77. The van der Waals surface area contributed by atoms with Crippen molar-refractivity contribution in [1.29, 1.82) is 0 Å². The van der Waals surface area contributed by atoms with Crippen LogP contribution in [0.2, 0.25) is 0 Å². The zero-order chi connectivity index (χ0) is 26.5. The third kappa shape index (κ3) is 8.72. The van der Waals surface area contributed by atoms with Gasteiger partial charge in [0.1, 0.15) is 5.75 Å². The molecule has 0 spiro atoms. The Bertz CT molecular complexity index is 1170. The Kier molecular flexibility index (Phi) is 11.1. The number of rotatable bonds is 12. The molecule has 194 valence electrons. The van der Waals surface area contributed by atoms with Crippen LogP contribution in [-0.4, -0.2) is 37.1 Å². The van der Waals surface area contributed by atoms with E-state index in [2.05, 4.69) is 17.6 Å². The summed E-state index contributed by atoms with van der Waals surface area (Å²) >= 11 is 5.49. The van der Waals surface area contributed by atoms with E-state index in [4.69, 9.17) is 17.0 Å². The first-order valence-corrected chi connectivity index (χ1v) is 13.1. The molecule has 3 aromatic rings. The molecule has 0 aliphatic rings. The van der Waals surface area contributed by atoms with Gasteiger partial charge in [0.2, 0.25) is 0 Å². The molecule has 0 aromatic heterocycles. The second-order valence-electron chi connectivity index (χ2n) is 8.76. The van der Waals surface area contributed by atoms with Crippen molar-refractivity contribution in [1.82, 2.24) is 10.6 Å². The summed E-state index contributed by atoms with van der Waals surface area (Å²) in [5, 5.41) is 5.93. The largest absolute Gasteiger partial charge is 0.494 e. The quantitative estimate of drug-likeness (QED) is 0.236. The van der Waals surface area contributed by atoms with Crippen LogP contribution in [0.15, 0.2) is 78.9 Å². The molecule has 3 aromatic carbocycles. The van der Waals surface area contributed by atoms with Crippen LogP contribution >= 0.6 is 12.2 Å². The summed E-state index contributed by atoms with van der Waals surface area (Å²) in [5.41, 5.74) is 2.72. The van der Waals surface area contributed by atoms with Gasteiger partial charge in [-0.1, -0.05) is 68.7 Å². The SMILES string of the molecule is CCCCCCOc1ccc(C(=O)NC(=S)N(C)c2ccccc2C(=O)NCCc2ccccc2)cc1. The van der Waals surface area contributed by atoms with Crippen LogP contribution in [-0.2, 0) is 6.42 Å². The number of carbonyl (C=O) groups is 2. The first-order chi connectivity index (χ1) is 18.0. The van der Waals surface area contributed by atoms with Gasteiger partial charge < -0.3 is 15.0 Å². The number of para-hydroxylation sites is 1. The molecule has 2 N–H and O–H groups in total. The number of amides is 2. The summed E-state index contributed by atoms with van der Waals surface area (Å²) < 4.78 is 5.75. The lowest BCUT2D eigenvalue weighted by molar-refractivity contribution is 0.0952. The lowest BCUT2D eigenvalue weighted by Gasteiger charge is -2.23. The maximum absolute atomic E-state index is 12.9. The maximum atomic E-state index is 12.9. The van der Waals surface area contributed by atoms with Crippen LogP contribution in [0, 0.1) is 0 Å². The number of hydrogen-bond donors (Lipinski definition) is 2. The van der Waals surface area contributed by atoms with E-state index in [-0.39, 0.29) is 16.9 Å². The normalized spacial score (nSPS) is 10.4. The summed E-state index contributed by atoms with van der Waals surface area (Å²) in [5.74, 6) is 0.217. The molecule has 2 amide bonds. The first-order valence-electron chi connectivity index (χ1n) is 12.7. The Hall–Kier alpha value is -3.71. The number of benzene rings is 3. The van der Waals surface area contributed by atoms with E-state index >= 15 is 0 Å². The van der Waals surface area contributed by atoms with Gasteiger partial charge in [-0.25, -0.2) is 0 Å². The van der Waals surface area contributed by atoms with Crippen LogP contribution in [0.4, 0.5) is 5.69 Å². The molecule has 0 heterocycles. The van der Waals surface area contributed by atoms with Gasteiger partial charge in [0.25, 0.3) is 11.8 Å². The van der Waals surface area contributed by atoms with Gasteiger partial charge in [0.15, 0.2) is 5.11 Å². The van der Waals surface area contributed by atoms with Crippen molar-refractivity contribution >= 4 is 34.8 Å². The fourth-order valence-corrected chi connectivity index (χ4v) is 3.99. The first kappa shape index (κ1) is 27.9. The van der Waals surface area contributed by atoms with E-state index in [9.17, 15) is 9.59 Å². The molecular formula is C30H35N3O3S. The summed E-state index contributed by atoms with van der Waals surface area (Å²) in [6, 6.07) is 24.2. The minimum atomic E-state index is -0.323. The summed E-state index contributed by atoms with van der Waals surface area (Å²) in [6.07, 6.45) is 5.31. The number of carbonyl (C=O) groups excluding carboxylic acids is 2. The van der Waals surface area contributed by atoms with Crippen molar-refractivity contribution in [3.8, 4) is 5.75 Å². The molecular weight excluding hydrogens is 482 g/mol. The second-order valence-corrected chi connectivity index (χ2v) is 9.15. The molecule has 0 bridgehead atoms. The Morgan fingerprint density at radius 2 is 1.57 bits per heavy atom. The molecule has 0 atom stereocenters. The monoisotopic (exact) mass is 517 g/mol. The Balaban J connectivity index is 1.54. The molecule has 37 heavy (non-hydrogen) atoms. The summed E-state index contributed by atoms with van der Waals surface area (Å²) in [4.78, 5) is 27.3. The average molecular weight is 518 g/mol. The van der Waals surface area contributed by atoms with E-state index in [1.54, 1.807) is 54.4 Å². The van der Waals surface area contributed by atoms with Crippen LogP contribution < -0.4 is 20.3 Å². The third-order valence-corrected chi connectivity index (χ3v) is 6.34. The van der Waals surface area contributed by atoms with Crippen molar-refractivity contribution in [2.75, 3.05) is 25.1 Å². The lowest BCUT2D eigenvalue weighted by atomic mass is 10.1. The van der Waals surface area contributed by atoms with Crippen LogP contribution in [0.25, 0.3) is 0 Å². The molecule has 7 heteroatoms. The number of thiocarbonyl (C=S) groups is 1. The number of nitrogens with zero attached hydrogens (tertiary/aromatic N) is 1. The van der Waals surface area contributed by atoms with Gasteiger partial charge in [-0.3, -0.25) is 14.9 Å². The number of anilines is 1. The molecule has 0 fully saturated rings. The van der Waals surface area contributed by atoms with E-state index in [0.29, 0.717) is 30.0 Å². The standard InChI is InChI=1S/C30H35N3O3S/c1-3-4-5-11-22-36-25-18-16-24(17-19-25)28(34)32-30(37)33(2)27-15-10-9-14-26(27)29(35)31-21-20-23-12-7-6-8-13-23/h6-10,12-19H,3-5,11,20-22H2,1-2H3,(H,31,35)(H,32,34,37). The summed E-state index contributed by atoms with van der Waals surface area (Å²) in [7, 11) is 1.73. The summed E-state index contributed by atoms with van der Waals surface area (Å²) in [6.45, 7) is 3.36. The van der Waals surface area contributed by atoms with Crippen molar-refractivity contribution in [3.05, 3.63) is 95.6 Å². The van der Waals surface area contributed by atoms with E-state index in [1.165, 1.54) is 12.8 Å². The highest BCUT2D eigenvalue weighted by Crippen LogP contribution is 2.20. The minimum absolute atomic E-state index is 0.196. The van der Waals surface area contributed by atoms with E-state index in [1.807, 2.05) is 36.4 Å². The highest BCUT2D eigenvalue weighted by atomic mass is 32.1. The molecule has 6 nitrogen and oxygen atoms in total. The third-order valence-electron chi connectivity index (χ3n) is 5.96. The zero-order valence-electron chi connectivity index (χ0n) is 21.5. The number of ether oxygens (including phenoxy) is 1. The topological polar surface area (TPSA) is 70.7 Å². The highest BCUT2D eigenvalue weighted by Gasteiger charge is 2.18. The van der Waals surface area contributed by atoms with Crippen LogP contribution in [0.1, 0.15) is 58.9 Å². The lowest BCUT2D eigenvalue weighted by Crippen LogP contribution is -2.41. The molecule has 0 radical (unpaired) electrons. The highest BCUT2D eigenvalue weighted by molar-refractivity contribution is 7.80. The van der Waals surface area contributed by atoms with Crippen molar-refractivity contribution in [3.63, 3.8) is 0 Å². The van der Waals surface area contributed by atoms with Crippen molar-refractivity contribution in [2.24, 2.45) is 0 Å². The zero-order valence-corrected chi connectivity index (χ0v) is 22.4. The molecule has 0 aliphatic carbocycles. The average Bonchev–Trinajstić information content (AvgIpc) is 2.93. The molecule has 0 unspecified atom stereocenters. The van der Waals surface area contributed by atoms with Gasteiger partial charge in [-0.2, -0.15) is 0 Å². The van der Waals surface area contributed by atoms with Crippen molar-refractivity contribution in [2.45, 2.75) is 39.0 Å². The van der Waals surface area contributed by atoms with Gasteiger partial charge in [-0.05, 0) is 67.0 Å². The fraction of sp³-hybridized carbons (Fsp3) is 0.300. The fourth-order valence-electron chi connectivity index (χ4n) is 3.80. The smallest absolute Gasteiger partial charge is 0.257 e. The van der Waals surface area contributed by atoms with Crippen LogP contribution in [0.5, 0.6) is 5.75 Å². The van der Waals surface area contributed by atoms with Gasteiger partial charge in [0, 0.05) is 19.2 Å². The molecule has 0 saturated carbocycles. The number of hydrogen-bond acceptors (Lipinski definition) is 4. The Morgan fingerprint density at radius 3 is 2.30 bits per heavy atom. The number of unbranched alkanes of at least 4 members (excludes halogenated alkanes) is 3. The molecule has 0 saturated heterocycles. The minimum Gasteiger partial charge on any atom is -0.494 e. The van der Waals surface area contributed by atoms with Crippen LogP contribution in [0.3, 0.4) is 0 Å². The Morgan fingerprint density at radius 1 is 0.865 bits per heavy atom. The van der Waals surface area contributed by atoms with Gasteiger partial charge in [0.05, 0.1) is 17.9 Å². The predicted molar refractivity (Wildman–Crippen MR) is 153 cm³/mol. The second kappa shape index (κ2) is 14.8. The van der Waals surface area contributed by atoms with E-state index < -0.39 is 0 Å². The maximum Gasteiger partial charge on any atom is 0.257 e. The van der Waals surface area contributed by atoms with E-state index in [0.717, 1.165) is 30.6 Å². The van der Waals surface area contributed by atoms with Crippen molar-refractivity contribution < 1.29 is 14.3 Å². The van der Waals surface area contributed by atoms with Gasteiger partial charge >= 0.3 is 0 Å².